The smallest absolute Gasteiger partial charge is 0.417 e. The van der Waals surface area contributed by atoms with E-state index in [1.807, 2.05) is 26.8 Å². The summed E-state index contributed by atoms with van der Waals surface area (Å²) >= 11 is 0. The molecule has 0 fully saturated rings. The molecule has 24 heavy (non-hydrogen) atoms. The average molecular weight is 375 g/mol. The van der Waals surface area contributed by atoms with Gasteiger partial charge in [-0.3, -0.25) is 0 Å². The third kappa shape index (κ3) is 8.73. The summed E-state index contributed by atoms with van der Waals surface area (Å²) in [4.78, 5) is 0. The first kappa shape index (κ1) is 23.8. The SMILES string of the molecule is C=CC(CC/C=C/C[Si](C)(C)OCC)[Si](OCC)(OCC)OCC. The Kier molecular flexibility index (Phi) is 12.9. The fraction of sp³-hybridized carbons (Fsp3) is 0.778. The quantitative estimate of drug-likeness (QED) is 0.293. The van der Waals surface area contributed by atoms with Crippen LogP contribution in [-0.4, -0.2) is 43.5 Å². The molecule has 1 atom stereocenters. The lowest BCUT2D eigenvalue weighted by Gasteiger charge is -2.33. The standard InChI is InChI=1S/C18H38O4Si2/c1-8-18(24(20-10-3,21-11-4)22-12-5)16-14-13-15-17-23(6,7)19-9-2/h8,13,15,18H,1,9-12,14,16-17H2,2-7H3/b15-13+. The van der Waals surface area contributed by atoms with Crippen LogP contribution >= 0.6 is 0 Å². The molecular formula is C18H38O4Si2. The van der Waals surface area contributed by atoms with Crippen LogP contribution in [0.4, 0.5) is 0 Å². The van der Waals surface area contributed by atoms with Crippen molar-refractivity contribution >= 4 is 17.1 Å². The Bertz CT molecular complexity index is 342. The third-order valence-corrected chi connectivity index (χ3v) is 9.53. The molecule has 0 radical (unpaired) electrons. The predicted octanol–water partition coefficient (Wildman–Crippen LogP) is 5.17. The van der Waals surface area contributed by atoms with Crippen LogP contribution in [0.3, 0.4) is 0 Å². The first-order valence-electron chi connectivity index (χ1n) is 9.24. The minimum atomic E-state index is -2.70. The normalized spacial score (nSPS) is 14.2. The molecule has 0 aromatic carbocycles. The van der Waals surface area contributed by atoms with Crippen LogP contribution < -0.4 is 0 Å². The van der Waals surface area contributed by atoms with Gasteiger partial charge in [0.2, 0.25) is 0 Å². The molecule has 1 unspecified atom stereocenters. The molecule has 6 heteroatoms. The highest BCUT2D eigenvalue weighted by molar-refractivity contribution is 6.71. The van der Waals surface area contributed by atoms with E-state index in [9.17, 15) is 0 Å². The van der Waals surface area contributed by atoms with Gasteiger partial charge < -0.3 is 17.7 Å². The van der Waals surface area contributed by atoms with Crippen molar-refractivity contribution in [1.82, 2.24) is 0 Å². The Morgan fingerprint density at radius 2 is 1.33 bits per heavy atom. The van der Waals surface area contributed by atoms with Crippen molar-refractivity contribution in [3.63, 3.8) is 0 Å². The third-order valence-electron chi connectivity index (χ3n) is 3.73. The Morgan fingerprint density at radius 1 is 0.833 bits per heavy atom. The summed E-state index contributed by atoms with van der Waals surface area (Å²) in [6.07, 6.45) is 8.35. The first-order valence-corrected chi connectivity index (χ1v) is 14.2. The molecule has 0 rings (SSSR count). The summed E-state index contributed by atoms with van der Waals surface area (Å²) in [5.41, 5.74) is 0.124. The number of rotatable bonds is 15. The highest BCUT2D eigenvalue weighted by atomic mass is 28.4. The molecule has 0 saturated heterocycles. The Morgan fingerprint density at radius 3 is 1.75 bits per heavy atom. The van der Waals surface area contributed by atoms with E-state index in [1.165, 1.54) is 0 Å². The molecule has 0 heterocycles. The largest absolute Gasteiger partial charge is 0.508 e. The van der Waals surface area contributed by atoms with Gasteiger partial charge in [0.05, 0.1) is 0 Å². The van der Waals surface area contributed by atoms with Gasteiger partial charge in [-0.15, -0.1) is 6.58 Å². The zero-order valence-corrected chi connectivity index (χ0v) is 18.6. The highest BCUT2D eigenvalue weighted by Gasteiger charge is 2.47. The average Bonchev–Trinajstić information content (AvgIpc) is 2.51. The lowest BCUT2D eigenvalue weighted by molar-refractivity contribution is 0.0645. The Labute approximate surface area is 151 Å². The van der Waals surface area contributed by atoms with Gasteiger partial charge in [-0.05, 0) is 59.7 Å². The fourth-order valence-corrected chi connectivity index (χ4v) is 7.24. The van der Waals surface area contributed by atoms with Gasteiger partial charge >= 0.3 is 8.80 Å². The van der Waals surface area contributed by atoms with Crippen molar-refractivity contribution in [2.45, 2.75) is 65.2 Å². The van der Waals surface area contributed by atoms with E-state index < -0.39 is 17.1 Å². The van der Waals surface area contributed by atoms with Gasteiger partial charge in [0.1, 0.15) is 0 Å². The number of hydrogen-bond acceptors (Lipinski definition) is 4. The van der Waals surface area contributed by atoms with Crippen LogP contribution in [0.15, 0.2) is 24.8 Å². The Hall–Kier alpha value is -0.246. The van der Waals surface area contributed by atoms with Crippen LogP contribution in [0, 0.1) is 0 Å². The summed E-state index contributed by atoms with van der Waals surface area (Å²) in [5, 5.41) is 0. The lowest BCUT2D eigenvalue weighted by atomic mass is 10.2. The maximum atomic E-state index is 5.99. The second kappa shape index (κ2) is 13.0. The molecule has 0 aliphatic carbocycles. The molecule has 4 nitrogen and oxygen atoms in total. The summed E-state index contributed by atoms with van der Waals surface area (Å²) in [5.74, 6) is 0. The number of hydrogen-bond donors (Lipinski definition) is 0. The molecule has 0 aromatic rings. The molecule has 0 aromatic heterocycles. The van der Waals surface area contributed by atoms with E-state index in [4.69, 9.17) is 17.7 Å². The minimum absolute atomic E-state index is 0.124. The molecule has 0 aliphatic heterocycles. The molecule has 0 saturated carbocycles. The molecule has 0 N–H and O–H groups in total. The van der Waals surface area contributed by atoms with Crippen LogP contribution in [0.5, 0.6) is 0 Å². The van der Waals surface area contributed by atoms with Crippen molar-refractivity contribution in [1.29, 1.82) is 0 Å². The predicted molar refractivity (Wildman–Crippen MR) is 107 cm³/mol. The zero-order valence-electron chi connectivity index (χ0n) is 16.6. The van der Waals surface area contributed by atoms with Crippen molar-refractivity contribution in [2.75, 3.05) is 26.4 Å². The van der Waals surface area contributed by atoms with Gasteiger partial charge in [-0.1, -0.05) is 18.2 Å². The van der Waals surface area contributed by atoms with Gasteiger partial charge in [-0.2, -0.15) is 0 Å². The van der Waals surface area contributed by atoms with E-state index in [-0.39, 0.29) is 5.54 Å². The van der Waals surface area contributed by atoms with E-state index in [0.717, 1.165) is 25.5 Å². The second-order valence-electron chi connectivity index (χ2n) is 6.19. The van der Waals surface area contributed by atoms with Gasteiger partial charge in [0.25, 0.3) is 0 Å². The maximum Gasteiger partial charge on any atom is 0.508 e. The molecule has 142 valence electrons. The molecule has 0 spiro atoms. The number of allylic oxidation sites excluding steroid dienone is 3. The molecule has 0 amide bonds. The van der Waals surface area contributed by atoms with Crippen LogP contribution in [0.1, 0.15) is 40.5 Å². The zero-order chi connectivity index (χ0) is 18.5. The second-order valence-corrected chi connectivity index (χ2v) is 13.2. The van der Waals surface area contributed by atoms with Crippen molar-refractivity contribution in [3.05, 3.63) is 24.8 Å². The van der Waals surface area contributed by atoms with Crippen molar-refractivity contribution < 1.29 is 17.7 Å². The van der Waals surface area contributed by atoms with Crippen molar-refractivity contribution in [3.8, 4) is 0 Å². The molecular weight excluding hydrogens is 336 g/mol. The first-order chi connectivity index (χ1) is 11.4. The van der Waals surface area contributed by atoms with Gasteiger partial charge in [0, 0.05) is 32.0 Å². The van der Waals surface area contributed by atoms with E-state index in [0.29, 0.717) is 19.8 Å². The topological polar surface area (TPSA) is 36.9 Å². The van der Waals surface area contributed by atoms with Crippen LogP contribution in [-0.2, 0) is 17.7 Å². The maximum absolute atomic E-state index is 5.99. The van der Waals surface area contributed by atoms with Gasteiger partial charge in [-0.25, -0.2) is 0 Å². The Balaban J connectivity index is 4.72. The fourth-order valence-electron chi connectivity index (χ4n) is 2.70. The lowest BCUT2D eigenvalue weighted by Crippen LogP contribution is -2.49. The minimum Gasteiger partial charge on any atom is -0.417 e. The monoisotopic (exact) mass is 374 g/mol. The van der Waals surface area contributed by atoms with Crippen LogP contribution in [0.25, 0.3) is 0 Å². The van der Waals surface area contributed by atoms with E-state index in [1.54, 1.807) is 0 Å². The summed E-state index contributed by atoms with van der Waals surface area (Å²) in [6.45, 7) is 19.1. The summed E-state index contributed by atoms with van der Waals surface area (Å²) in [6, 6.07) is 1.05. The van der Waals surface area contributed by atoms with Gasteiger partial charge in [0.15, 0.2) is 8.32 Å². The van der Waals surface area contributed by atoms with Crippen LogP contribution in [0.2, 0.25) is 24.7 Å². The summed E-state index contributed by atoms with van der Waals surface area (Å²) in [7, 11) is -4.24. The molecule has 0 bridgehead atoms. The van der Waals surface area contributed by atoms with E-state index >= 15 is 0 Å². The highest BCUT2D eigenvalue weighted by Crippen LogP contribution is 2.31. The van der Waals surface area contributed by atoms with E-state index in [2.05, 4.69) is 38.7 Å². The summed E-state index contributed by atoms with van der Waals surface area (Å²) < 4.78 is 23.8. The van der Waals surface area contributed by atoms with Crippen molar-refractivity contribution in [2.24, 2.45) is 0 Å². The molecule has 0 aliphatic rings.